The lowest BCUT2D eigenvalue weighted by Gasteiger charge is -1.88. The molecule has 56 valence electrons. The van der Waals surface area contributed by atoms with Crippen molar-refractivity contribution >= 4 is 5.97 Å². The number of halogens is 1. The van der Waals surface area contributed by atoms with Crippen molar-refractivity contribution in [3.8, 4) is 0 Å². The minimum atomic E-state index is -0.771. The third kappa shape index (κ3) is 7.36. The van der Waals surface area contributed by atoms with E-state index in [2.05, 4.69) is 4.94 Å². The maximum absolute atomic E-state index is 10.9. The number of rotatable bonds is 3. The molecule has 0 rings (SSSR count). The monoisotopic (exact) mass is 137 g/mol. The zero-order valence-electron chi connectivity index (χ0n) is 5.52. The minimum Gasteiger partial charge on any atom is -0.344 e. The second-order valence-electron chi connectivity index (χ2n) is 1.55. The summed E-state index contributed by atoms with van der Waals surface area (Å²) in [6, 6.07) is 0. The number of carbonyl (C=O) groups excluding carboxylic acids is 1. The lowest BCUT2D eigenvalue weighted by molar-refractivity contribution is -0.183. The van der Waals surface area contributed by atoms with Crippen molar-refractivity contribution in [2.24, 2.45) is 0 Å². The Labute approximate surface area is 53.7 Å². The molecule has 9 heavy (non-hydrogen) atoms. The van der Waals surface area contributed by atoms with Gasteiger partial charge in [-0.3, -0.25) is 4.94 Å². The maximum Gasteiger partial charge on any atom is 0.348 e. The number of hydrogen-bond acceptors (Lipinski definition) is 3. The van der Waals surface area contributed by atoms with Crippen LogP contribution in [0.25, 0.3) is 0 Å². The minimum absolute atomic E-state index is 0. The second kappa shape index (κ2) is 7.36. The van der Waals surface area contributed by atoms with Gasteiger partial charge in [-0.1, -0.05) is 13.3 Å². The van der Waals surface area contributed by atoms with Gasteiger partial charge in [0.15, 0.2) is 0 Å². The molecule has 0 aromatic carbocycles. The van der Waals surface area contributed by atoms with Crippen LogP contribution in [0.5, 0.6) is 0 Å². The van der Waals surface area contributed by atoms with E-state index >= 15 is 0 Å². The molecule has 0 aliphatic rings. The first-order valence-electron chi connectivity index (χ1n) is 2.62. The molecule has 0 unspecified atom stereocenters. The summed E-state index contributed by atoms with van der Waals surface area (Å²) in [4.78, 5) is 12.9. The average molecular weight is 137 g/mol. The third-order valence-corrected chi connectivity index (χ3v) is 0.821. The van der Waals surface area contributed by atoms with Crippen molar-refractivity contribution in [3.05, 3.63) is 0 Å². The summed E-state index contributed by atoms with van der Waals surface area (Å²) in [5, 5.41) is 0. The van der Waals surface area contributed by atoms with Gasteiger partial charge < -0.3 is 6.15 Å². The van der Waals surface area contributed by atoms with Crippen LogP contribution in [0, 0.1) is 0 Å². The molecule has 0 saturated heterocycles. The number of hydrogen-bond donors (Lipinski definition) is 1. The van der Waals surface area contributed by atoms with Crippen LogP contribution in [0.15, 0.2) is 0 Å². The summed E-state index contributed by atoms with van der Waals surface area (Å²) in [6.07, 6.45) is 1.77. The first kappa shape index (κ1) is 11.2. The summed E-state index contributed by atoms with van der Waals surface area (Å²) in [5.41, 5.74) is 0. The fourth-order valence-electron chi connectivity index (χ4n) is 0.360. The van der Waals surface area contributed by atoms with Gasteiger partial charge in [-0.15, -0.1) is 0 Å². The van der Waals surface area contributed by atoms with Crippen LogP contribution in [-0.4, -0.2) is 5.97 Å². The normalized spacial score (nSPS) is 7.78. The van der Waals surface area contributed by atoms with Crippen LogP contribution in [0.1, 0.15) is 26.2 Å². The molecule has 0 amide bonds. The van der Waals surface area contributed by atoms with Crippen LogP contribution in [-0.2, 0) is 9.74 Å². The molecule has 0 spiro atoms. The highest BCUT2D eigenvalue weighted by Crippen LogP contribution is 1.95. The van der Waals surface area contributed by atoms with Crippen LogP contribution in [0.4, 0.5) is 4.53 Å². The van der Waals surface area contributed by atoms with Crippen LogP contribution >= 0.6 is 0 Å². The standard InChI is InChI=1S/C5H9FO2.H3N/c1-2-3-4-5(7)8-6;/h2-4H2,1H3;1H3. The quantitative estimate of drug-likeness (QED) is 0.644. The Kier molecular flexibility index (Phi) is 9.16. The zero-order chi connectivity index (χ0) is 6.41. The molecule has 0 saturated carbocycles. The number of unbranched alkanes of at least 4 members (excludes halogenated alkanes) is 1. The molecule has 0 atom stereocenters. The molecular formula is C5H12FNO2. The Hall–Kier alpha value is -0.640. The highest BCUT2D eigenvalue weighted by molar-refractivity contribution is 5.68. The average Bonchev–Trinajstić information content (AvgIpc) is 1.83. The molecule has 3 N–H and O–H groups in total. The van der Waals surface area contributed by atoms with Gasteiger partial charge in [0.25, 0.3) is 0 Å². The summed E-state index contributed by atoms with van der Waals surface area (Å²) >= 11 is 0. The van der Waals surface area contributed by atoms with Crippen molar-refractivity contribution < 1.29 is 14.3 Å². The Morgan fingerprint density at radius 1 is 1.67 bits per heavy atom. The summed E-state index contributed by atoms with van der Waals surface area (Å²) in [7, 11) is 0. The van der Waals surface area contributed by atoms with Crippen molar-refractivity contribution in [2.75, 3.05) is 0 Å². The van der Waals surface area contributed by atoms with Crippen molar-refractivity contribution in [3.63, 3.8) is 0 Å². The van der Waals surface area contributed by atoms with E-state index in [1.807, 2.05) is 6.92 Å². The van der Waals surface area contributed by atoms with Crippen LogP contribution in [0.2, 0.25) is 0 Å². The predicted octanol–water partition coefficient (Wildman–Crippen LogP) is 1.77. The molecular weight excluding hydrogens is 125 g/mol. The van der Waals surface area contributed by atoms with E-state index in [4.69, 9.17) is 0 Å². The van der Waals surface area contributed by atoms with E-state index < -0.39 is 5.97 Å². The molecule has 0 heterocycles. The highest BCUT2D eigenvalue weighted by atomic mass is 19.3. The van der Waals surface area contributed by atoms with Crippen LogP contribution in [0.3, 0.4) is 0 Å². The van der Waals surface area contributed by atoms with E-state index in [1.165, 1.54) is 0 Å². The van der Waals surface area contributed by atoms with E-state index in [1.54, 1.807) is 0 Å². The molecule has 0 radical (unpaired) electrons. The van der Waals surface area contributed by atoms with Gasteiger partial charge in [0.1, 0.15) is 0 Å². The smallest absolute Gasteiger partial charge is 0.344 e. The SMILES string of the molecule is CCCCC(=O)OF.N. The Morgan fingerprint density at radius 3 is 2.56 bits per heavy atom. The lowest BCUT2D eigenvalue weighted by atomic mass is 10.3. The lowest BCUT2D eigenvalue weighted by Crippen LogP contribution is -1.95. The van der Waals surface area contributed by atoms with Crippen molar-refractivity contribution in [2.45, 2.75) is 26.2 Å². The first-order valence-corrected chi connectivity index (χ1v) is 2.62. The second-order valence-corrected chi connectivity index (χ2v) is 1.55. The predicted molar refractivity (Wildman–Crippen MR) is 31.7 cm³/mol. The van der Waals surface area contributed by atoms with E-state index in [-0.39, 0.29) is 12.6 Å². The van der Waals surface area contributed by atoms with Gasteiger partial charge in [-0.2, -0.15) is 0 Å². The fourth-order valence-corrected chi connectivity index (χ4v) is 0.360. The number of carbonyl (C=O) groups is 1. The van der Waals surface area contributed by atoms with Crippen molar-refractivity contribution in [1.82, 2.24) is 6.15 Å². The van der Waals surface area contributed by atoms with Gasteiger partial charge in [0.2, 0.25) is 0 Å². The van der Waals surface area contributed by atoms with Crippen molar-refractivity contribution in [1.29, 1.82) is 0 Å². The summed E-state index contributed by atoms with van der Waals surface area (Å²) in [5.74, 6) is -0.771. The molecule has 0 aliphatic carbocycles. The molecule has 4 heteroatoms. The van der Waals surface area contributed by atoms with Gasteiger partial charge >= 0.3 is 5.97 Å². The molecule has 0 aliphatic heterocycles. The zero-order valence-corrected chi connectivity index (χ0v) is 5.52. The molecule has 0 aromatic heterocycles. The van der Waals surface area contributed by atoms with Crippen LogP contribution < -0.4 is 6.15 Å². The van der Waals surface area contributed by atoms with E-state index in [0.29, 0.717) is 6.42 Å². The van der Waals surface area contributed by atoms with E-state index in [0.717, 1.165) is 6.42 Å². The Morgan fingerprint density at radius 2 is 2.22 bits per heavy atom. The molecule has 3 nitrogen and oxygen atoms in total. The maximum atomic E-state index is 10.9. The van der Waals surface area contributed by atoms with Gasteiger partial charge in [0, 0.05) is 10.9 Å². The van der Waals surface area contributed by atoms with E-state index in [9.17, 15) is 9.32 Å². The van der Waals surface area contributed by atoms with Gasteiger partial charge in [0.05, 0.1) is 0 Å². The summed E-state index contributed by atoms with van der Waals surface area (Å²) < 4.78 is 10.9. The molecule has 0 bridgehead atoms. The van der Waals surface area contributed by atoms with Gasteiger partial charge in [-0.05, 0) is 6.42 Å². The topological polar surface area (TPSA) is 61.3 Å². The summed E-state index contributed by atoms with van der Waals surface area (Å²) in [6.45, 7) is 1.92. The largest absolute Gasteiger partial charge is 0.348 e. The highest BCUT2D eigenvalue weighted by Gasteiger charge is 1.98. The first-order chi connectivity index (χ1) is 3.81. The Bertz CT molecular complexity index is 77.4. The third-order valence-electron chi connectivity index (χ3n) is 0.821. The molecule has 0 fully saturated rings. The Balaban J connectivity index is 0. The van der Waals surface area contributed by atoms with Gasteiger partial charge in [-0.25, -0.2) is 4.79 Å². The fraction of sp³-hybridized carbons (Fsp3) is 0.800. The molecule has 0 aromatic rings.